The summed E-state index contributed by atoms with van der Waals surface area (Å²) in [5.74, 6) is 2.19. The first kappa shape index (κ1) is 38.9. The van der Waals surface area contributed by atoms with Crippen LogP contribution >= 0.6 is 11.8 Å². The van der Waals surface area contributed by atoms with Gasteiger partial charge in [0.25, 0.3) is 0 Å². The summed E-state index contributed by atoms with van der Waals surface area (Å²) >= 11 is 2.01. The molecule has 4 rings (SSSR count). The molecular formula is C39H72O4SSi2. The maximum atomic E-state index is 11.7. The minimum atomic E-state index is -2.05. The first-order valence-electron chi connectivity index (χ1n) is 18.5. The Labute approximate surface area is 290 Å². The zero-order valence-electron chi connectivity index (χ0n) is 32.5. The second kappa shape index (κ2) is 13.0. The van der Waals surface area contributed by atoms with Crippen LogP contribution in [0.1, 0.15) is 121 Å². The van der Waals surface area contributed by atoms with Gasteiger partial charge in [-0.3, -0.25) is 0 Å². The minimum absolute atomic E-state index is 0.0469. The number of hydrogen-bond donors (Lipinski definition) is 2. The number of rotatable bonds is 10. The summed E-state index contributed by atoms with van der Waals surface area (Å²) in [5.41, 5.74) is 2.58. The lowest BCUT2D eigenvalue weighted by atomic mass is 9.49. The molecule has 3 saturated carbocycles. The molecule has 0 aliphatic heterocycles. The van der Waals surface area contributed by atoms with Crippen molar-refractivity contribution < 1.29 is 19.1 Å². The molecule has 0 heterocycles. The molecule has 9 atom stereocenters. The fraction of sp³-hybridized carbons (Fsp3) is 0.897. The van der Waals surface area contributed by atoms with Crippen molar-refractivity contribution >= 4 is 28.4 Å². The normalized spacial score (nSPS) is 36.4. The third-order valence-corrected chi connectivity index (χ3v) is 24.4. The van der Waals surface area contributed by atoms with Crippen LogP contribution in [0.25, 0.3) is 0 Å². The molecule has 0 radical (unpaired) electrons. The van der Waals surface area contributed by atoms with Crippen LogP contribution < -0.4 is 0 Å². The van der Waals surface area contributed by atoms with Crippen molar-refractivity contribution in [2.24, 2.45) is 28.6 Å². The lowest BCUT2D eigenvalue weighted by molar-refractivity contribution is -0.0438. The maximum absolute atomic E-state index is 11.7. The van der Waals surface area contributed by atoms with Crippen LogP contribution in [0.2, 0.25) is 36.3 Å². The van der Waals surface area contributed by atoms with E-state index in [1.54, 1.807) is 5.57 Å². The Kier molecular flexibility index (Phi) is 11.0. The first-order chi connectivity index (χ1) is 20.7. The Morgan fingerprint density at radius 3 is 2.07 bits per heavy atom. The highest BCUT2D eigenvalue weighted by Gasteiger charge is 2.62. The molecule has 266 valence electrons. The summed E-state index contributed by atoms with van der Waals surface area (Å²) in [7, 11) is -3.99. The molecule has 0 aromatic carbocycles. The van der Waals surface area contributed by atoms with E-state index in [1.165, 1.54) is 5.57 Å². The summed E-state index contributed by atoms with van der Waals surface area (Å²) in [5, 5.41) is 22.6. The van der Waals surface area contributed by atoms with Gasteiger partial charge in [0.05, 0.1) is 23.9 Å². The van der Waals surface area contributed by atoms with Crippen molar-refractivity contribution in [3.8, 4) is 0 Å². The van der Waals surface area contributed by atoms with E-state index in [2.05, 4.69) is 101 Å². The Bertz CT molecular complexity index is 1160. The average molecular weight is 693 g/mol. The molecule has 7 heteroatoms. The summed E-state index contributed by atoms with van der Waals surface area (Å²) in [6, 6.07) is 0. The summed E-state index contributed by atoms with van der Waals surface area (Å²) in [6.07, 6.45) is 12.1. The molecule has 4 nitrogen and oxygen atoms in total. The molecule has 4 aliphatic carbocycles. The number of thioether (sulfide) groups is 1. The van der Waals surface area contributed by atoms with E-state index in [9.17, 15) is 10.2 Å². The first-order valence-corrected chi connectivity index (χ1v) is 25.4. The Balaban J connectivity index is 1.65. The molecule has 0 spiro atoms. The minimum Gasteiger partial charge on any atom is -0.414 e. The van der Waals surface area contributed by atoms with E-state index in [0.29, 0.717) is 17.1 Å². The summed E-state index contributed by atoms with van der Waals surface area (Å²) in [6.45, 7) is 35.0. The molecule has 0 aromatic heterocycles. The van der Waals surface area contributed by atoms with E-state index in [4.69, 9.17) is 8.85 Å². The molecule has 0 bridgehead atoms. The monoisotopic (exact) mass is 692 g/mol. The van der Waals surface area contributed by atoms with E-state index in [0.717, 1.165) is 50.7 Å². The molecular weight excluding hydrogens is 621 g/mol. The van der Waals surface area contributed by atoms with Gasteiger partial charge in [0, 0.05) is 16.6 Å². The molecule has 2 N–H and O–H groups in total. The van der Waals surface area contributed by atoms with Crippen molar-refractivity contribution in [1.82, 2.24) is 0 Å². The zero-order valence-corrected chi connectivity index (χ0v) is 35.3. The van der Waals surface area contributed by atoms with Gasteiger partial charge in [-0.2, -0.15) is 11.8 Å². The predicted molar refractivity (Wildman–Crippen MR) is 204 cm³/mol. The number of aliphatic hydroxyl groups is 2. The van der Waals surface area contributed by atoms with Gasteiger partial charge < -0.3 is 19.1 Å². The SMILES string of the molecule is C[C@H](SCCCC(C)(C)O)[C@H]1[C@@H](O)C[C@H]2C3=CC=C4C[C@@H](O[Si](C)(C)C(C)(C)C)C[C@H](O[Si](C)(C)C(C)(C)C)[C@]4(C)[C@H]3CC[C@]12C. The number of aliphatic hydroxyl groups excluding tert-OH is 1. The van der Waals surface area contributed by atoms with Crippen molar-refractivity contribution in [3.05, 3.63) is 23.3 Å². The van der Waals surface area contributed by atoms with Crippen LogP contribution in [0.3, 0.4) is 0 Å². The van der Waals surface area contributed by atoms with E-state index in [1.807, 2.05) is 25.6 Å². The largest absolute Gasteiger partial charge is 0.414 e. The van der Waals surface area contributed by atoms with E-state index >= 15 is 0 Å². The third-order valence-electron chi connectivity index (χ3n) is 14.0. The Morgan fingerprint density at radius 2 is 1.50 bits per heavy atom. The topological polar surface area (TPSA) is 58.9 Å². The number of allylic oxidation sites excluding steroid dienone is 3. The van der Waals surface area contributed by atoms with Crippen LogP contribution in [0.15, 0.2) is 23.3 Å². The van der Waals surface area contributed by atoms with Crippen molar-refractivity contribution in [2.45, 2.75) is 187 Å². The van der Waals surface area contributed by atoms with E-state index in [-0.39, 0.29) is 45.1 Å². The summed E-state index contributed by atoms with van der Waals surface area (Å²) < 4.78 is 14.7. The second-order valence-corrected chi connectivity index (χ2v) is 30.9. The van der Waals surface area contributed by atoms with Gasteiger partial charge in [-0.15, -0.1) is 0 Å². The van der Waals surface area contributed by atoms with Crippen LogP contribution in [0, 0.1) is 28.6 Å². The quantitative estimate of drug-likeness (QED) is 0.176. The fourth-order valence-electron chi connectivity index (χ4n) is 9.17. The average Bonchev–Trinajstić information content (AvgIpc) is 3.15. The van der Waals surface area contributed by atoms with Gasteiger partial charge in [0.1, 0.15) is 0 Å². The fourth-order valence-corrected chi connectivity index (χ4v) is 13.3. The molecule has 0 unspecified atom stereocenters. The highest BCUT2D eigenvalue weighted by molar-refractivity contribution is 7.99. The van der Waals surface area contributed by atoms with Crippen LogP contribution in [0.5, 0.6) is 0 Å². The highest BCUT2D eigenvalue weighted by atomic mass is 32.2. The second-order valence-electron chi connectivity index (χ2n) is 19.9. The van der Waals surface area contributed by atoms with Gasteiger partial charge in [0.2, 0.25) is 0 Å². The lowest BCUT2D eigenvalue weighted by Gasteiger charge is -2.59. The Hall–Kier alpha value is 0.104. The standard InChI is InChI=1S/C39H72O4SSi2/c1-26(44-22-16-20-37(8,9)41)34-32(40)25-31-29-18-17-27-23-28(42-45(12,13)35(2,3)4)24-33(43-46(14,15)36(5,6)7)39(27,11)30(29)19-21-38(31,34)10/h17-18,26,28,30-34,40-41H,16,19-25H2,1-15H3/t26-,28+,30-,31-,32-,33-,34-,38-,39-/m0/s1. The zero-order chi connectivity index (χ0) is 34.9. The summed E-state index contributed by atoms with van der Waals surface area (Å²) in [4.78, 5) is 0. The molecule has 0 saturated heterocycles. The molecule has 46 heavy (non-hydrogen) atoms. The van der Waals surface area contributed by atoms with E-state index < -0.39 is 22.2 Å². The van der Waals surface area contributed by atoms with Crippen molar-refractivity contribution in [1.29, 1.82) is 0 Å². The third kappa shape index (κ3) is 7.42. The van der Waals surface area contributed by atoms with Gasteiger partial charge in [-0.1, -0.05) is 85.6 Å². The van der Waals surface area contributed by atoms with Crippen molar-refractivity contribution in [3.63, 3.8) is 0 Å². The van der Waals surface area contributed by atoms with Gasteiger partial charge in [-0.05, 0) is 118 Å². The molecule has 0 aromatic rings. The smallest absolute Gasteiger partial charge is 0.192 e. The van der Waals surface area contributed by atoms with Crippen molar-refractivity contribution in [2.75, 3.05) is 5.75 Å². The van der Waals surface area contributed by atoms with Crippen LogP contribution in [-0.4, -0.2) is 61.8 Å². The maximum Gasteiger partial charge on any atom is 0.192 e. The Morgan fingerprint density at radius 1 is 0.913 bits per heavy atom. The molecule has 4 aliphatic rings. The van der Waals surface area contributed by atoms with Gasteiger partial charge in [0.15, 0.2) is 16.6 Å². The highest BCUT2D eigenvalue weighted by Crippen LogP contribution is 2.67. The molecule has 3 fully saturated rings. The van der Waals surface area contributed by atoms with Crippen LogP contribution in [0.4, 0.5) is 0 Å². The number of hydrogen-bond acceptors (Lipinski definition) is 5. The predicted octanol–water partition coefficient (Wildman–Crippen LogP) is 10.5. The molecule has 0 amide bonds. The van der Waals surface area contributed by atoms with Gasteiger partial charge >= 0.3 is 0 Å². The lowest BCUT2D eigenvalue weighted by Crippen LogP contribution is -2.58. The van der Waals surface area contributed by atoms with Crippen LogP contribution in [-0.2, 0) is 8.85 Å². The van der Waals surface area contributed by atoms with Gasteiger partial charge in [-0.25, -0.2) is 0 Å². The number of fused-ring (bicyclic) bond motifs is 5.